The van der Waals surface area contributed by atoms with Crippen LogP contribution in [0.4, 0.5) is 11.9 Å². The number of hydrogen-bond donors (Lipinski definition) is 0. The maximum Gasteiger partial charge on any atom is 0.231 e. The predicted molar refractivity (Wildman–Crippen MR) is 78.1 cm³/mol. The minimum atomic E-state index is 0.254. The molecule has 0 saturated carbocycles. The summed E-state index contributed by atoms with van der Waals surface area (Å²) in [4.78, 5) is 19.2. The SMILES string of the molecule is CN(C)CC1CCCN1c1nc(Cl)nc(N(C)C)n1. The Morgan fingerprint density at radius 1 is 1.21 bits per heavy atom. The van der Waals surface area contributed by atoms with Crippen LogP contribution in [0.5, 0.6) is 0 Å². The van der Waals surface area contributed by atoms with Gasteiger partial charge in [-0.25, -0.2) is 0 Å². The molecule has 1 aromatic heterocycles. The van der Waals surface area contributed by atoms with Crippen molar-refractivity contribution < 1.29 is 0 Å². The van der Waals surface area contributed by atoms with Crippen LogP contribution >= 0.6 is 11.6 Å². The van der Waals surface area contributed by atoms with Gasteiger partial charge in [0.1, 0.15) is 0 Å². The van der Waals surface area contributed by atoms with Gasteiger partial charge in [-0.1, -0.05) is 0 Å². The molecule has 0 aromatic carbocycles. The minimum Gasteiger partial charge on any atom is -0.347 e. The minimum absolute atomic E-state index is 0.254. The van der Waals surface area contributed by atoms with Gasteiger partial charge < -0.3 is 14.7 Å². The summed E-state index contributed by atoms with van der Waals surface area (Å²) < 4.78 is 0. The van der Waals surface area contributed by atoms with Gasteiger partial charge in [0.15, 0.2) is 0 Å². The second-order valence-corrected chi connectivity index (χ2v) is 5.69. The summed E-state index contributed by atoms with van der Waals surface area (Å²) in [6.45, 7) is 1.98. The largest absolute Gasteiger partial charge is 0.347 e. The van der Waals surface area contributed by atoms with E-state index in [4.69, 9.17) is 11.6 Å². The Labute approximate surface area is 119 Å². The Balaban J connectivity index is 2.25. The van der Waals surface area contributed by atoms with Crippen molar-refractivity contribution in [1.82, 2.24) is 19.9 Å². The summed E-state index contributed by atoms with van der Waals surface area (Å²) in [6, 6.07) is 0.448. The Morgan fingerprint density at radius 3 is 2.58 bits per heavy atom. The highest BCUT2D eigenvalue weighted by molar-refractivity contribution is 6.28. The molecule has 0 aliphatic carbocycles. The van der Waals surface area contributed by atoms with Crippen molar-refractivity contribution in [3.63, 3.8) is 0 Å². The normalized spacial score (nSPS) is 19.3. The standard InChI is InChI=1S/C12H21ClN6/c1-17(2)8-9-6-5-7-19(9)12-15-10(13)14-11(16-12)18(3)4/h9H,5-8H2,1-4H3. The number of likely N-dealkylation sites (N-methyl/N-ethyl adjacent to an activating group) is 1. The Kier molecular flexibility index (Phi) is 4.42. The fourth-order valence-corrected chi connectivity index (χ4v) is 2.52. The van der Waals surface area contributed by atoms with Gasteiger partial charge in [-0.2, -0.15) is 15.0 Å². The average molecular weight is 285 g/mol. The quantitative estimate of drug-likeness (QED) is 0.826. The van der Waals surface area contributed by atoms with E-state index >= 15 is 0 Å². The van der Waals surface area contributed by atoms with Gasteiger partial charge in [0, 0.05) is 33.2 Å². The average Bonchev–Trinajstić information content (AvgIpc) is 2.75. The van der Waals surface area contributed by atoms with E-state index in [1.165, 1.54) is 12.8 Å². The summed E-state index contributed by atoms with van der Waals surface area (Å²) in [6.07, 6.45) is 2.33. The summed E-state index contributed by atoms with van der Waals surface area (Å²) >= 11 is 6.00. The van der Waals surface area contributed by atoms with Crippen LogP contribution in [-0.4, -0.2) is 67.2 Å². The lowest BCUT2D eigenvalue weighted by Crippen LogP contribution is -2.38. The highest BCUT2D eigenvalue weighted by atomic mass is 35.5. The lowest BCUT2D eigenvalue weighted by atomic mass is 10.2. The molecule has 19 heavy (non-hydrogen) atoms. The first kappa shape index (κ1) is 14.3. The third-order valence-electron chi connectivity index (χ3n) is 3.19. The molecule has 2 rings (SSSR count). The maximum absolute atomic E-state index is 6.00. The van der Waals surface area contributed by atoms with Crippen molar-refractivity contribution >= 4 is 23.5 Å². The molecule has 0 radical (unpaired) electrons. The summed E-state index contributed by atoms with van der Waals surface area (Å²) in [5, 5.41) is 0.254. The number of aromatic nitrogens is 3. The van der Waals surface area contributed by atoms with Crippen molar-refractivity contribution in [2.45, 2.75) is 18.9 Å². The predicted octanol–water partition coefficient (Wildman–Crippen LogP) is 1.12. The zero-order valence-electron chi connectivity index (χ0n) is 12.0. The van der Waals surface area contributed by atoms with Crippen LogP contribution in [0.15, 0.2) is 0 Å². The zero-order valence-corrected chi connectivity index (χ0v) is 12.7. The van der Waals surface area contributed by atoms with Crippen LogP contribution in [0.25, 0.3) is 0 Å². The first-order chi connectivity index (χ1) is 8.97. The number of halogens is 1. The first-order valence-corrected chi connectivity index (χ1v) is 6.85. The van der Waals surface area contributed by atoms with E-state index in [1.54, 1.807) is 0 Å². The summed E-state index contributed by atoms with van der Waals surface area (Å²) in [5.41, 5.74) is 0. The van der Waals surface area contributed by atoms with Crippen LogP contribution in [0.1, 0.15) is 12.8 Å². The van der Waals surface area contributed by atoms with E-state index in [0.717, 1.165) is 13.1 Å². The molecule has 1 saturated heterocycles. The van der Waals surface area contributed by atoms with Crippen LogP contribution in [0.2, 0.25) is 5.28 Å². The van der Waals surface area contributed by atoms with Crippen molar-refractivity contribution in [2.75, 3.05) is 51.1 Å². The number of nitrogens with zero attached hydrogens (tertiary/aromatic N) is 6. The summed E-state index contributed by atoms with van der Waals surface area (Å²) in [5.74, 6) is 1.29. The topological polar surface area (TPSA) is 48.4 Å². The molecular formula is C12H21ClN6. The molecule has 0 spiro atoms. The van der Waals surface area contributed by atoms with E-state index in [2.05, 4.69) is 38.8 Å². The van der Waals surface area contributed by atoms with Crippen LogP contribution in [-0.2, 0) is 0 Å². The molecule has 0 amide bonds. The molecule has 0 bridgehead atoms. The number of hydrogen-bond acceptors (Lipinski definition) is 6. The smallest absolute Gasteiger partial charge is 0.231 e. The molecular weight excluding hydrogens is 264 g/mol. The van der Waals surface area contributed by atoms with Gasteiger partial charge in [-0.05, 0) is 38.5 Å². The molecule has 2 heterocycles. The molecule has 1 aromatic rings. The number of rotatable bonds is 4. The van der Waals surface area contributed by atoms with Crippen molar-refractivity contribution in [2.24, 2.45) is 0 Å². The van der Waals surface area contributed by atoms with Gasteiger partial charge in [-0.15, -0.1) is 0 Å². The monoisotopic (exact) mass is 284 g/mol. The van der Waals surface area contributed by atoms with Gasteiger partial charge in [0.25, 0.3) is 0 Å². The molecule has 106 valence electrons. The molecule has 1 aliphatic heterocycles. The van der Waals surface area contributed by atoms with Gasteiger partial charge >= 0.3 is 0 Å². The van der Waals surface area contributed by atoms with Crippen LogP contribution < -0.4 is 9.80 Å². The van der Waals surface area contributed by atoms with E-state index < -0.39 is 0 Å². The van der Waals surface area contributed by atoms with Crippen LogP contribution in [0.3, 0.4) is 0 Å². The fourth-order valence-electron chi connectivity index (χ4n) is 2.37. The second-order valence-electron chi connectivity index (χ2n) is 5.35. The summed E-state index contributed by atoms with van der Waals surface area (Å²) in [7, 11) is 7.97. The van der Waals surface area contributed by atoms with E-state index in [-0.39, 0.29) is 5.28 Å². The van der Waals surface area contributed by atoms with Crippen molar-refractivity contribution in [3.05, 3.63) is 5.28 Å². The third-order valence-corrected chi connectivity index (χ3v) is 3.36. The first-order valence-electron chi connectivity index (χ1n) is 6.47. The molecule has 1 atom stereocenters. The Morgan fingerprint density at radius 2 is 1.95 bits per heavy atom. The molecule has 7 heteroatoms. The molecule has 6 nitrogen and oxygen atoms in total. The highest BCUT2D eigenvalue weighted by Crippen LogP contribution is 2.24. The highest BCUT2D eigenvalue weighted by Gasteiger charge is 2.27. The van der Waals surface area contributed by atoms with Crippen molar-refractivity contribution in [1.29, 1.82) is 0 Å². The molecule has 1 aliphatic rings. The zero-order chi connectivity index (χ0) is 14.0. The van der Waals surface area contributed by atoms with E-state index in [9.17, 15) is 0 Å². The molecule has 1 unspecified atom stereocenters. The van der Waals surface area contributed by atoms with Gasteiger partial charge in [0.2, 0.25) is 17.2 Å². The third kappa shape index (κ3) is 3.45. The van der Waals surface area contributed by atoms with Gasteiger partial charge in [0.05, 0.1) is 0 Å². The van der Waals surface area contributed by atoms with Gasteiger partial charge in [-0.3, -0.25) is 0 Å². The number of anilines is 2. The van der Waals surface area contributed by atoms with E-state index in [1.807, 2.05) is 19.0 Å². The lowest BCUT2D eigenvalue weighted by Gasteiger charge is -2.27. The second kappa shape index (κ2) is 5.88. The van der Waals surface area contributed by atoms with Crippen LogP contribution in [0, 0.1) is 0 Å². The fraction of sp³-hybridized carbons (Fsp3) is 0.750. The van der Waals surface area contributed by atoms with Crippen molar-refractivity contribution in [3.8, 4) is 0 Å². The Hall–Kier alpha value is -1.14. The lowest BCUT2D eigenvalue weighted by molar-refractivity contribution is 0.371. The Bertz CT molecular complexity index is 436. The molecule has 1 fully saturated rings. The maximum atomic E-state index is 6.00. The van der Waals surface area contributed by atoms with E-state index in [0.29, 0.717) is 17.9 Å². The molecule has 0 N–H and O–H groups in total.